The molecular formula is C30H33BrF2N6S2. The zero-order chi connectivity index (χ0) is 28.9. The van der Waals surface area contributed by atoms with E-state index in [1.165, 1.54) is 62.4 Å². The molecule has 41 heavy (non-hydrogen) atoms. The highest BCUT2D eigenvalue weighted by molar-refractivity contribution is 9.10. The lowest BCUT2D eigenvalue weighted by molar-refractivity contribution is 0.567. The monoisotopic (exact) mass is 658 g/mol. The number of rotatable bonds is 4. The minimum absolute atomic E-state index is 0.211. The van der Waals surface area contributed by atoms with E-state index in [0.29, 0.717) is 9.79 Å². The van der Waals surface area contributed by atoms with Crippen molar-refractivity contribution >= 4 is 52.2 Å². The van der Waals surface area contributed by atoms with Crippen molar-refractivity contribution in [3.63, 3.8) is 0 Å². The quantitative estimate of drug-likeness (QED) is 0.222. The third kappa shape index (κ3) is 10.2. The van der Waals surface area contributed by atoms with Crippen molar-refractivity contribution in [1.29, 1.82) is 0 Å². The maximum Gasteiger partial charge on any atom is 0.225 e. The Bertz CT molecular complexity index is 1310. The van der Waals surface area contributed by atoms with Gasteiger partial charge in [-0.1, -0.05) is 36.0 Å². The van der Waals surface area contributed by atoms with Crippen molar-refractivity contribution in [2.24, 2.45) is 0 Å². The Kier molecular flexibility index (Phi) is 12.6. The smallest absolute Gasteiger partial charge is 0.225 e. The fourth-order valence-corrected chi connectivity index (χ4v) is 5.43. The number of thiol groups is 1. The van der Waals surface area contributed by atoms with Crippen LogP contribution in [-0.2, 0) is 0 Å². The van der Waals surface area contributed by atoms with Crippen LogP contribution >= 0.6 is 40.3 Å². The van der Waals surface area contributed by atoms with Crippen LogP contribution in [0.1, 0.15) is 38.5 Å². The molecule has 0 N–H and O–H groups in total. The molecule has 0 radical (unpaired) electrons. The van der Waals surface area contributed by atoms with Crippen LogP contribution in [0.25, 0.3) is 0 Å². The largest absolute Gasteiger partial charge is 0.341 e. The molecule has 2 aromatic heterocycles. The third-order valence-electron chi connectivity index (χ3n) is 6.42. The van der Waals surface area contributed by atoms with Gasteiger partial charge in [-0.15, -0.1) is 12.6 Å². The molecule has 4 heterocycles. The minimum atomic E-state index is -0.268. The van der Waals surface area contributed by atoms with Gasteiger partial charge in [0.15, 0.2) is 0 Å². The Morgan fingerprint density at radius 1 is 0.634 bits per heavy atom. The molecule has 6 rings (SSSR count). The van der Waals surface area contributed by atoms with Gasteiger partial charge in [0.25, 0.3) is 0 Å². The summed E-state index contributed by atoms with van der Waals surface area (Å²) in [5, 5.41) is 0. The lowest BCUT2D eigenvalue weighted by Crippen LogP contribution is -2.30. The molecule has 4 aromatic rings. The fraction of sp³-hybridized carbons (Fsp3) is 0.333. The molecular weight excluding hydrogens is 626 g/mol. The van der Waals surface area contributed by atoms with Gasteiger partial charge < -0.3 is 9.80 Å². The van der Waals surface area contributed by atoms with Crippen molar-refractivity contribution < 1.29 is 8.78 Å². The van der Waals surface area contributed by atoms with Crippen molar-refractivity contribution in [3.05, 3.63) is 89.4 Å². The number of piperidine rings is 2. The number of hydrogen-bond donors (Lipinski definition) is 1. The predicted octanol–water partition coefficient (Wildman–Crippen LogP) is 8.10. The first-order valence-corrected chi connectivity index (χ1v) is 15.7. The van der Waals surface area contributed by atoms with Gasteiger partial charge in [-0.3, -0.25) is 0 Å². The third-order valence-corrected chi connectivity index (χ3v) is 8.19. The van der Waals surface area contributed by atoms with Gasteiger partial charge in [-0.2, -0.15) is 0 Å². The minimum Gasteiger partial charge on any atom is -0.341 e. The molecule has 2 fully saturated rings. The van der Waals surface area contributed by atoms with Crippen molar-refractivity contribution in [2.45, 2.75) is 53.2 Å². The van der Waals surface area contributed by atoms with E-state index < -0.39 is 0 Å². The number of anilines is 2. The van der Waals surface area contributed by atoms with Crippen LogP contribution in [0.2, 0.25) is 0 Å². The van der Waals surface area contributed by atoms with Gasteiger partial charge in [0.1, 0.15) is 11.6 Å². The summed E-state index contributed by atoms with van der Waals surface area (Å²) >= 11 is 8.50. The second kappa shape index (κ2) is 16.6. The van der Waals surface area contributed by atoms with Crippen LogP contribution in [0, 0.1) is 11.6 Å². The predicted molar refractivity (Wildman–Crippen MR) is 168 cm³/mol. The molecule has 2 aliphatic rings. The summed E-state index contributed by atoms with van der Waals surface area (Å²) < 4.78 is 26.8. The summed E-state index contributed by atoms with van der Waals surface area (Å²) in [5.74, 6) is 1.17. The Morgan fingerprint density at radius 3 is 1.56 bits per heavy atom. The van der Waals surface area contributed by atoms with Crippen LogP contribution in [0.3, 0.4) is 0 Å². The van der Waals surface area contributed by atoms with E-state index >= 15 is 0 Å². The molecule has 0 amide bonds. The van der Waals surface area contributed by atoms with E-state index in [9.17, 15) is 8.78 Å². The molecule has 6 nitrogen and oxygen atoms in total. The van der Waals surface area contributed by atoms with Gasteiger partial charge in [0.05, 0.1) is 4.47 Å². The molecule has 2 aliphatic heterocycles. The van der Waals surface area contributed by atoms with Crippen LogP contribution < -0.4 is 9.80 Å². The lowest BCUT2D eigenvalue weighted by atomic mass is 10.1. The Hall–Kier alpha value is -2.76. The lowest BCUT2D eigenvalue weighted by Gasteiger charge is -2.26. The molecule has 0 saturated carbocycles. The number of aromatic nitrogens is 4. The van der Waals surface area contributed by atoms with Crippen LogP contribution in [0.5, 0.6) is 0 Å². The van der Waals surface area contributed by atoms with E-state index in [4.69, 9.17) is 0 Å². The number of nitrogens with zero attached hydrogens (tertiary/aromatic N) is 6. The highest BCUT2D eigenvalue weighted by Crippen LogP contribution is 2.29. The molecule has 0 atom stereocenters. The standard InChI is InChI=1S/C15H16FN3S.C9H12BrN3.C6H5FS/c16-13-6-2-3-7-14(13)20-12-10-17-15(18-11-12)19-8-4-1-5-9-19;10-8-6-11-9(12-7-8)13-4-2-1-3-5-13;7-5-3-1-2-4-6(5)8/h2-3,6-7,10-11H,1,4-5,8-9H2;6-7H,1-5H2;1-4,8H. The summed E-state index contributed by atoms with van der Waals surface area (Å²) in [6.07, 6.45) is 14.7. The van der Waals surface area contributed by atoms with Crippen LogP contribution in [0.4, 0.5) is 20.7 Å². The van der Waals surface area contributed by atoms with Crippen molar-refractivity contribution in [1.82, 2.24) is 19.9 Å². The van der Waals surface area contributed by atoms with E-state index in [1.54, 1.807) is 55.1 Å². The molecule has 0 unspecified atom stereocenters. The summed E-state index contributed by atoms with van der Waals surface area (Å²) in [4.78, 5) is 23.6. The van der Waals surface area contributed by atoms with Gasteiger partial charge >= 0.3 is 0 Å². The topological polar surface area (TPSA) is 58.0 Å². The first-order chi connectivity index (χ1) is 20.0. The zero-order valence-corrected chi connectivity index (χ0v) is 26.0. The Balaban J connectivity index is 0.000000158. The average molecular weight is 660 g/mol. The normalized spacial score (nSPS) is 14.8. The summed E-state index contributed by atoms with van der Waals surface area (Å²) in [6.45, 7) is 4.25. The maximum atomic E-state index is 13.6. The Morgan fingerprint density at radius 2 is 1.10 bits per heavy atom. The van der Waals surface area contributed by atoms with Crippen molar-refractivity contribution in [3.8, 4) is 0 Å². The van der Waals surface area contributed by atoms with Gasteiger partial charge in [0.2, 0.25) is 11.9 Å². The fourth-order valence-electron chi connectivity index (χ4n) is 4.29. The molecule has 216 valence electrons. The average Bonchev–Trinajstić information content (AvgIpc) is 3.02. The molecule has 0 aliphatic carbocycles. The molecule has 0 spiro atoms. The van der Waals surface area contributed by atoms with Gasteiger partial charge in [-0.05, 0) is 78.7 Å². The van der Waals surface area contributed by atoms with E-state index in [1.807, 2.05) is 6.07 Å². The second-order valence-corrected chi connectivity index (χ2v) is 12.0. The first kappa shape index (κ1) is 31.2. The van der Waals surface area contributed by atoms with E-state index in [2.05, 4.69) is 58.3 Å². The molecule has 2 aromatic carbocycles. The summed E-state index contributed by atoms with van der Waals surface area (Å²) in [5.41, 5.74) is 0. The SMILES string of the molecule is Brc1cnc(N2CCCCC2)nc1.Fc1ccccc1S.Fc1ccccc1Sc1cnc(N2CCCCC2)nc1. The summed E-state index contributed by atoms with van der Waals surface area (Å²) in [6, 6.07) is 13.1. The second-order valence-electron chi connectivity index (χ2n) is 9.50. The van der Waals surface area contributed by atoms with Crippen molar-refractivity contribution in [2.75, 3.05) is 36.0 Å². The zero-order valence-electron chi connectivity index (χ0n) is 22.7. The molecule has 11 heteroatoms. The highest BCUT2D eigenvalue weighted by atomic mass is 79.9. The van der Waals surface area contributed by atoms with Crippen LogP contribution in [0.15, 0.2) is 92.5 Å². The first-order valence-electron chi connectivity index (χ1n) is 13.6. The van der Waals surface area contributed by atoms with E-state index in [0.717, 1.165) is 47.4 Å². The van der Waals surface area contributed by atoms with Gasteiger partial charge in [-0.25, -0.2) is 28.7 Å². The van der Waals surface area contributed by atoms with E-state index in [-0.39, 0.29) is 11.6 Å². The highest BCUT2D eigenvalue weighted by Gasteiger charge is 2.14. The molecule has 0 bridgehead atoms. The summed E-state index contributed by atoms with van der Waals surface area (Å²) in [7, 11) is 0. The maximum absolute atomic E-state index is 13.6. The van der Waals surface area contributed by atoms with Crippen LogP contribution in [-0.4, -0.2) is 46.1 Å². The van der Waals surface area contributed by atoms with Gasteiger partial charge in [0, 0.05) is 65.7 Å². The Labute approximate surface area is 258 Å². The number of benzene rings is 2. The number of halogens is 3. The molecule has 2 saturated heterocycles. The number of hydrogen-bond acceptors (Lipinski definition) is 8.